The Bertz CT molecular complexity index is 141. The minimum Gasteiger partial charge on any atom is -0.481 e. The highest BCUT2D eigenvalue weighted by Crippen LogP contribution is 2.02. The van der Waals surface area contributed by atoms with Gasteiger partial charge in [-0.3, -0.25) is 4.79 Å². The molecule has 0 radical (unpaired) electrons. The predicted molar refractivity (Wildman–Crippen MR) is 44.4 cm³/mol. The van der Waals surface area contributed by atoms with E-state index in [1.165, 1.54) is 0 Å². The van der Waals surface area contributed by atoms with Crippen LogP contribution in [0.3, 0.4) is 0 Å². The van der Waals surface area contributed by atoms with Gasteiger partial charge in [0.1, 0.15) is 0 Å². The number of aliphatic carboxylic acids is 1. The first-order valence-corrected chi connectivity index (χ1v) is 4.42. The Hall–Kier alpha value is -0.440. The molecule has 0 atom stereocenters. The molecule has 2 nitrogen and oxygen atoms in total. The summed E-state index contributed by atoms with van der Waals surface area (Å²) in [5.41, 5.74) is 0.932. The van der Waals surface area contributed by atoms with Crippen LogP contribution in [0.15, 0.2) is 11.6 Å². The summed E-state index contributed by atoms with van der Waals surface area (Å²) < 4.78 is 0. The van der Waals surface area contributed by atoms with Gasteiger partial charge in [-0.1, -0.05) is 11.6 Å². The summed E-state index contributed by atoms with van der Waals surface area (Å²) in [6.45, 7) is 1.84. The van der Waals surface area contributed by atoms with E-state index in [-0.39, 0.29) is 6.42 Å². The van der Waals surface area contributed by atoms with Gasteiger partial charge >= 0.3 is 5.97 Å². The molecule has 0 saturated carbocycles. The predicted octanol–water partition coefficient (Wildman–Crippen LogP) is 1.77. The second-order valence-corrected chi connectivity index (χ2v) is 2.99. The molecular formula is C7H12O2S. The average Bonchev–Trinajstić information content (AvgIpc) is 1.82. The minimum atomic E-state index is -0.755. The van der Waals surface area contributed by atoms with E-state index in [9.17, 15) is 4.79 Å². The van der Waals surface area contributed by atoms with E-state index in [0.717, 1.165) is 11.3 Å². The number of rotatable bonds is 4. The van der Waals surface area contributed by atoms with E-state index >= 15 is 0 Å². The van der Waals surface area contributed by atoms with Crippen molar-refractivity contribution in [3.8, 4) is 0 Å². The quantitative estimate of drug-likeness (QED) is 0.637. The Morgan fingerprint density at radius 3 is 2.70 bits per heavy atom. The average molecular weight is 160 g/mol. The molecule has 0 aromatic rings. The summed E-state index contributed by atoms with van der Waals surface area (Å²) in [7, 11) is 0. The van der Waals surface area contributed by atoms with Crippen molar-refractivity contribution in [2.75, 3.05) is 12.0 Å². The van der Waals surface area contributed by atoms with Gasteiger partial charge in [0.15, 0.2) is 0 Å². The fourth-order valence-electron chi connectivity index (χ4n) is 0.536. The summed E-state index contributed by atoms with van der Waals surface area (Å²) in [5, 5.41) is 8.34. The molecule has 3 heteroatoms. The maximum Gasteiger partial charge on any atom is 0.307 e. The summed E-state index contributed by atoms with van der Waals surface area (Å²) in [5.74, 6) is 0.147. The third-order valence-corrected chi connectivity index (χ3v) is 1.53. The Morgan fingerprint density at radius 1 is 1.70 bits per heavy atom. The Morgan fingerprint density at radius 2 is 2.30 bits per heavy atom. The van der Waals surface area contributed by atoms with Gasteiger partial charge in [0.05, 0.1) is 6.42 Å². The van der Waals surface area contributed by atoms with Crippen LogP contribution in [-0.2, 0) is 4.79 Å². The zero-order valence-corrected chi connectivity index (χ0v) is 7.07. The maximum atomic E-state index is 10.1. The van der Waals surface area contributed by atoms with Crippen LogP contribution in [-0.4, -0.2) is 23.1 Å². The number of hydrogen-bond acceptors (Lipinski definition) is 2. The smallest absolute Gasteiger partial charge is 0.307 e. The minimum absolute atomic E-state index is 0.167. The number of carbonyl (C=O) groups is 1. The lowest BCUT2D eigenvalue weighted by Crippen LogP contribution is -1.94. The molecule has 0 aromatic carbocycles. The van der Waals surface area contributed by atoms with Crippen molar-refractivity contribution in [2.45, 2.75) is 13.3 Å². The molecule has 0 rings (SSSR count). The van der Waals surface area contributed by atoms with E-state index in [4.69, 9.17) is 5.11 Å². The molecule has 0 fully saturated rings. The molecule has 0 unspecified atom stereocenters. The van der Waals surface area contributed by atoms with Gasteiger partial charge in [-0.05, 0) is 13.2 Å². The van der Waals surface area contributed by atoms with Gasteiger partial charge in [-0.25, -0.2) is 0 Å². The van der Waals surface area contributed by atoms with E-state index in [1.54, 1.807) is 11.8 Å². The molecule has 0 heterocycles. The van der Waals surface area contributed by atoms with Gasteiger partial charge in [0.2, 0.25) is 0 Å². The Labute approximate surface area is 65.3 Å². The van der Waals surface area contributed by atoms with Gasteiger partial charge < -0.3 is 5.11 Å². The third-order valence-electron chi connectivity index (χ3n) is 1.03. The van der Waals surface area contributed by atoms with Crippen molar-refractivity contribution in [3.63, 3.8) is 0 Å². The van der Waals surface area contributed by atoms with Crippen LogP contribution in [0, 0.1) is 0 Å². The molecule has 0 aromatic heterocycles. The standard InChI is InChI=1S/C7H12O2S/c1-6(3-4-10-2)5-7(8)9/h3H,4-5H2,1-2H3,(H,8,9)/b6-3+. The van der Waals surface area contributed by atoms with Gasteiger partial charge in [0.25, 0.3) is 0 Å². The summed E-state index contributed by atoms with van der Waals surface area (Å²) in [4.78, 5) is 10.1. The molecule has 10 heavy (non-hydrogen) atoms. The number of hydrogen-bond donors (Lipinski definition) is 1. The molecular weight excluding hydrogens is 148 g/mol. The highest BCUT2D eigenvalue weighted by Gasteiger charge is 1.96. The van der Waals surface area contributed by atoms with Crippen molar-refractivity contribution < 1.29 is 9.90 Å². The van der Waals surface area contributed by atoms with Crippen LogP contribution >= 0.6 is 11.8 Å². The van der Waals surface area contributed by atoms with Crippen LogP contribution in [0.4, 0.5) is 0 Å². The molecule has 0 aliphatic heterocycles. The first-order chi connectivity index (χ1) is 4.66. The lowest BCUT2D eigenvalue weighted by atomic mass is 10.2. The summed E-state index contributed by atoms with van der Waals surface area (Å²) in [6.07, 6.45) is 4.10. The molecule has 1 N–H and O–H groups in total. The van der Waals surface area contributed by atoms with Crippen LogP contribution in [0.1, 0.15) is 13.3 Å². The first kappa shape index (κ1) is 9.56. The highest BCUT2D eigenvalue weighted by molar-refractivity contribution is 7.98. The van der Waals surface area contributed by atoms with E-state index in [1.807, 2.05) is 19.3 Å². The summed E-state index contributed by atoms with van der Waals surface area (Å²) in [6, 6.07) is 0. The van der Waals surface area contributed by atoms with Crippen molar-refractivity contribution in [2.24, 2.45) is 0 Å². The topological polar surface area (TPSA) is 37.3 Å². The molecule has 58 valence electrons. The van der Waals surface area contributed by atoms with Crippen molar-refractivity contribution >= 4 is 17.7 Å². The van der Waals surface area contributed by atoms with Crippen molar-refractivity contribution in [1.82, 2.24) is 0 Å². The normalized spacial score (nSPS) is 11.6. The highest BCUT2D eigenvalue weighted by atomic mass is 32.2. The Kier molecular flexibility index (Phi) is 5.12. The van der Waals surface area contributed by atoms with Gasteiger partial charge in [0, 0.05) is 5.75 Å². The van der Waals surface area contributed by atoms with E-state index in [0.29, 0.717) is 0 Å². The van der Waals surface area contributed by atoms with E-state index in [2.05, 4.69) is 0 Å². The molecule has 0 saturated heterocycles. The van der Waals surface area contributed by atoms with Gasteiger partial charge in [-0.15, -0.1) is 0 Å². The van der Waals surface area contributed by atoms with Crippen LogP contribution in [0.25, 0.3) is 0 Å². The second-order valence-electron chi connectivity index (χ2n) is 2.08. The largest absolute Gasteiger partial charge is 0.481 e. The molecule has 0 bridgehead atoms. The molecule has 0 aliphatic rings. The lowest BCUT2D eigenvalue weighted by molar-refractivity contribution is -0.136. The monoisotopic (exact) mass is 160 g/mol. The number of carboxylic acid groups (broad SMARTS) is 1. The van der Waals surface area contributed by atoms with E-state index < -0.39 is 5.97 Å². The van der Waals surface area contributed by atoms with Crippen LogP contribution in [0.2, 0.25) is 0 Å². The zero-order valence-electron chi connectivity index (χ0n) is 6.26. The zero-order chi connectivity index (χ0) is 7.98. The maximum absolute atomic E-state index is 10.1. The molecule has 0 aliphatic carbocycles. The lowest BCUT2D eigenvalue weighted by Gasteiger charge is -1.93. The van der Waals surface area contributed by atoms with Crippen molar-refractivity contribution in [3.05, 3.63) is 11.6 Å². The number of thioether (sulfide) groups is 1. The number of carboxylic acids is 1. The second kappa shape index (κ2) is 5.35. The molecule has 0 spiro atoms. The van der Waals surface area contributed by atoms with Crippen LogP contribution < -0.4 is 0 Å². The summed E-state index contributed by atoms with van der Waals surface area (Å²) >= 11 is 1.69. The van der Waals surface area contributed by atoms with Crippen molar-refractivity contribution in [1.29, 1.82) is 0 Å². The Balaban J connectivity index is 3.59. The van der Waals surface area contributed by atoms with Crippen LogP contribution in [0.5, 0.6) is 0 Å². The molecule has 0 amide bonds. The fraction of sp³-hybridized carbons (Fsp3) is 0.571. The fourth-order valence-corrected chi connectivity index (χ4v) is 0.987. The SMILES string of the molecule is CSC/C=C(\C)CC(=O)O. The third kappa shape index (κ3) is 5.69. The first-order valence-electron chi connectivity index (χ1n) is 3.03. The van der Waals surface area contributed by atoms with Gasteiger partial charge in [-0.2, -0.15) is 11.8 Å².